The van der Waals surface area contributed by atoms with E-state index in [0.717, 1.165) is 11.1 Å². The van der Waals surface area contributed by atoms with Gasteiger partial charge in [0.05, 0.1) is 6.54 Å². The summed E-state index contributed by atoms with van der Waals surface area (Å²) < 4.78 is 31.5. The molecule has 5 heteroatoms. The molecule has 0 saturated carbocycles. The Balaban J connectivity index is 2.37. The molecule has 0 aromatic heterocycles. The lowest BCUT2D eigenvalue weighted by atomic mass is 9.87. The van der Waals surface area contributed by atoms with Crippen LogP contribution in [0.1, 0.15) is 24.0 Å². The minimum absolute atomic E-state index is 0.218. The number of ether oxygens (including phenoxy) is 1. The molecule has 0 aliphatic carbocycles. The Bertz CT molecular complexity index is 581. The molecule has 0 aliphatic rings. The highest BCUT2D eigenvalue weighted by atomic mass is 19.1. The molecular weight excluding hydrogens is 288 g/mol. The molecule has 0 aliphatic heterocycles. The lowest BCUT2D eigenvalue weighted by molar-refractivity contribution is -0.147. The fourth-order valence-corrected chi connectivity index (χ4v) is 2.40. The molecule has 0 bridgehead atoms. The molecule has 0 fully saturated rings. The molecule has 22 heavy (non-hydrogen) atoms. The molecule has 2 aromatic rings. The van der Waals surface area contributed by atoms with E-state index in [0.29, 0.717) is 0 Å². The summed E-state index contributed by atoms with van der Waals surface area (Å²) in [5.74, 6) is -1.57. The van der Waals surface area contributed by atoms with Crippen molar-refractivity contribution in [1.29, 1.82) is 0 Å². The Morgan fingerprint density at radius 3 is 1.77 bits per heavy atom. The van der Waals surface area contributed by atoms with E-state index >= 15 is 0 Å². The van der Waals surface area contributed by atoms with Gasteiger partial charge in [-0.2, -0.15) is 0 Å². The zero-order valence-corrected chi connectivity index (χ0v) is 12.1. The number of carbonyl (C=O) groups is 1. The number of rotatable bonds is 5. The van der Waals surface area contributed by atoms with Crippen LogP contribution in [0.25, 0.3) is 0 Å². The van der Waals surface area contributed by atoms with Crippen LogP contribution in [-0.2, 0) is 9.53 Å². The molecule has 3 nitrogen and oxygen atoms in total. The van der Waals surface area contributed by atoms with Crippen LogP contribution >= 0.6 is 0 Å². The summed E-state index contributed by atoms with van der Waals surface area (Å²) in [5.41, 5.74) is 6.80. The van der Waals surface area contributed by atoms with Crippen molar-refractivity contribution in [2.75, 3.05) is 6.54 Å². The van der Waals surface area contributed by atoms with Crippen LogP contribution in [0.3, 0.4) is 0 Å². The van der Waals surface area contributed by atoms with Crippen LogP contribution < -0.4 is 5.73 Å². The molecular formula is C17H17F2NO2. The Labute approximate surface area is 127 Å². The number of esters is 1. The summed E-state index contributed by atoms with van der Waals surface area (Å²) in [4.78, 5) is 11.4. The minimum atomic E-state index is -0.526. The van der Waals surface area contributed by atoms with Crippen molar-refractivity contribution in [3.05, 3.63) is 71.3 Å². The summed E-state index contributed by atoms with van der Waals surface area (Å²) in [6.07, 6.45) is -0.521. The predicted molar refractivity (Wildman–Crippen MR) is 79.3 cm³/mol. The quantitative estimate of drug-likeness (QED) is 0.864. The Morgan fingerprint density at radius 2 is 1.41 bits per heavy atom. The molecule has 0 radical (unpaired) electrons. The maximum atomic E-state index is 13.1. The van der Waals surface area contributed by atoms with Crippen molar-refractivity contribution in [3.8, 4) is 0 Å². The largest absolute Gasteiger partial charge is 0.461 e. The van der Waals surface area contributed by atoms with E-state index in [-0.39, 0.29) is 24.1 Å². The summed E-state index contributed by atoms with van der Waals surface area (Å²) in [6, 6.07) is 11.8. The Hall–Kier alpha value is -2.27. The number of carbonyl (C=O) groups excluding carboxylic acids is 1. The average Bonchev–Trinajstić information content (AvgIpc) is 2.51. The van der Waals surface area contributed by atoms with E-state index in [1.165, 1.54) is 24.3 Å². The number of hydrogen-bond acceptors (Lipinski definition) is 3. The molecule has 2 rings (SSSR count). The molecule has 0 unspecified atom stereocenters. The van der Waals surface area contributed by atoms with Crippen molar-refractivity contribution in [2.24, 2.45) is 5.73 Å². The van der Waals surface area contributed by atoms with Gasteiger partial charge in [-0.1, -0.05) is 24.3 Å². The van der Waals surface area contributed by atoms with Gasteiger partial charge in [0.2, 0.25) is 0 Å². The zero-order chi connectivity index (χ0) is 16.1. The van der Waals surface area contributed by atoms with Gasteiger partial charge in [-0.25, -0.2) is 8.78 Å². The second-order valence-corrected chi connectivity index (χ2v) is 4.98. The molecule has 0 saturated heterocycles. The van der Waals surface area contributed by atoms with Crippen molar-refractivity contribution >= 4 is 5.97 Å². The standard InChI is InChI=1S/C17H17F2NO2/c1-11(22-16(21)10-20)17(12-2-6-14(18)7-3-12)13-4-8-15(19)9-5-13/h2-9,11,17H,10,20H2,1H3/t11-/m0/s1. The second-order valence-electron chi connectivity index (χ2n) is 4.98. The SMILES string of the molecule is C[C@H](OC(=O)CN)C(c1ccc(F)cc1)c1ccc(F)cc1. The number of hydrogen-bond donors (Lipinski definition) is 1. The predicted octanol–water partition coefficient (Wildman–Crippen LogP) is 2.99. The van der Waals surface area contributed by atoms with Crippen LogP contribution in [0, 0.1) is 11.6 Å². The minimum Gasteiger partial charge on any atom is -0.461 e. The zero-order valence-electron chi connectivity index (χ0n) is 12.1. The summed E-state index contributed by atoms with van der Waals surface area (Å²) in [6.45, 7) is 1.51. The van der Waals surface area contributed by atoms with E-state index in [4.69, 9.17) is 10.5 Å². The number of halogens is 2. The molecule has 2 aromatic carbocycles. The normalized spacial score (nSPS) is 12.2. The van der Waals surface area contributed by atoms with Gasteiger partial charge < -0.3 is 10.5 Å². The van der Waals surface area contributed by atoms with E-state index in [1.54, 1.807) is 31.2 Å². The van der Waals surface area contributed by atoms with Gasteiger partial charge in [0.1, 0.15) is 17.7 Å². The maximum absolute atomic E-state index is 13.1. The molecule has 0 amide bonds. The monoisotopic (exact) mass is 305 g/mol. The van der Waals surface area contributed by atoms with Crippen LogP contribution in [0.5, 0.6) is 0 Å². The lowest BCUT2D eigenvalue weighted by Crippen LogP contribution is -2.27. The van der Waals surface area contributed by atoms with Gasteiger partial charge in [0.15, 0.2) is 0 Å². The van der Waals surface area contributed by atoms with Crippen LogP contribution in [0.15, 0.2) is 48.5 Å². The van der Waals surface area contributed by atoms with Gasteiger partial charge in [0, 0.05) is 5.92 Å². The van der Waals surface area contributed by atoms with E-state index in [2.05, 4.69) is 0 Å². The van der Waals surface area contributed by atoms with Crippen LogP contribution in [-0.4, -0.2) is 18.6 Å². The lowest BCUT2D eigenvalue weighted by Gasteiger charge is -2.25. The van der Waals surface area contributed by atoms with Gasteiger partial charge in [-0.05, 0) is 42.3 Å². The molecule has 1 atom stereocenters. The van der Waals surface area contributed by atoms with E-state index in [1.807, 2.05) is 0 Å². The molecule has 0 heterocycles. The fraction of sp³-hybridized carbons (Fsp3) is 0.235. The van der Waals surface area contributed by atoms with Gasteiger partial charge in [0.25, 0.3) is 0 Å². The maximum Gasteiger partial charge on any atom is 0.319 e. The van der Waals surface area contributed by atoms with Crippen LogP contribution in [0.2, 0.25) is 0 Å². The van der Waals surface area contributed by atoms with Crippen LogP contribution in [0.4, 0.5) is 8.78 Å². The summed E-state index contributed by atoms with van der Waals surface area (Å²) in [5, 5.41) is 0. The number of benzene rings is 2. The average molecular weight is 305 g/mol. The second kappa shape index (κ2) is 7.13. The first-order valence-electron chi connectivity index (χ1n) is 6.91. The number of nitrogens with two attached hydrogens (primary N) is 1. The highest BCUT2D eigenvalue weighted by Gasteiger charge is 2.24. The van der Waals surface area contributed by atoms with Crippen molar-refractivity contribution in [3.63, 3.8) is 0 Å². The molecule has 116 valence electrons. The highest BCUT2D eigenvalue weighted by molar-refractivity contribution is 5.71. The van der Waals surface area contributed by atoms with E-state index < -0.39 is 12.1 Å². The van der Waals surface area contributed by atoms with Gasteiger partial charge in [-0.15, -0.1) is 0 Å². The Kier molecular flexibility index (Phi) is 5.22. The van der Waals surface area contributed by atoms with Crippen molar-refractivity contribution in [2.45, 2.75) is 18.9 Å². The fourth-order valence-electron chi connectivity index (χ4n) is 2.40. The topological polar surface area (TPSA) is 52.3 Å². The smallest absolute Gasteiger partial charge is 0.319 e. The molecule has 2 N–H and O–H groups in total. The first-order chi connectivity index (χ1) is 10.5. The Morgan fingerprint density at radius 1 is 1.00 bits per heavy atom. The molecule has 0 spiro atoms. The first-order valence-corrected chi connectivity index (χ1v) is 6.91. The third kappa shape index (κ3) is 3.89. The summed E-state index contributed by atoms with van der Waals surface area (Å²) in [7, 11) is 0. The van der Waals surface area contributed by atoms with Crippen molar-refractivity contribution in [1.82, 2.24) is 0 Å². The third-order valence-electron chi connectivity index (χ3n) is 3.41. The van der Waals surface area contributed by atoms with E-state index in [9.17, 15) is 13.6 Å². The highest BCUT2D eigenvalue weighted by Crippen LogP contribution is 2.30. The van der Waals surface area contributed by atoms with Gasteiger partial charge in [-0.3, -0.25) is 4.79 Å². The first kappa shape index (κ1) is 16.1. The summed E-state index contributed by atoms with van der Waals surface area (Å²) >= 11 is 0. The van der Waals surface area contributed by atoms with Crippen molar-refractivity contribution < 1.29 is 18.3 Å². The van der Waals surface area contributed by atoms with Gasteiger partial charge >= 0.3 is 5.97 Å². The third-order valence-corrected chi connectivity index (χ3v) is 3.41.